The summed E-state index contributed by atoms with van der Waals surface area (Å²) in [6.07, 6.45) is 0. The van der Waals surface area contributed by atoms with E-state index in [0.29, 0.717) is 54.2 Å². The van der Waals surface area contributed by atoms with Gasteiger partial charge < -0.3 is 40.9 Å². The molecule has 0 aromatic heterocycles. The van der Waals surface area contributed by atoms with Crippen molar-refractivity contribution >= 4 is 43.1 Å². The van der Waals surface area contributed by atoms with Gasteiger partial charge in [0.15, 0.2) is 0 Å². The monoisotopic (exact) mass is 842 g/mol. The maximum absolute atomic E-state index is 12.0. The minimum absolute atomic E-state index is 0.101. The van der Waals surface area contributed by atoms with Gasteiger partial charge in [-0.05, 0) is 81.9 Å². The van der Waals surface area contributed by atoms with E-state index in [0.717, 1.165) is 11.1 Å². The Hall–Kier alpha value is -8.36. The summed E-state index contributed by atoms with van der Waals surface area (Å²) in [5, 5.41) is 99.1. The molecular formula is C56H42O8. The molecule has 10 aromatic carbocycles. The van der Waals surface area contributed by atoms with Crippen LogP contribution in [0.25, 0.3) is 54.2 Å². The zero-order chi connectivity index (χ0) is 44.7. The van der Waals surface area contributed by atoms with Gasteiger partial charge in [0.2, 0.25) is 0 Å². The summed E-state index contributed by atoms with van der Waals surface area (Å²) < 4.78 is 0. The van der Waals surface area contributed by atoms with E-state index in [4.69, 9.17) is 0 Å². The summed E-state index contributed by atoms with van der Waals surface area (Å²) in [5.41, 5.74) is 0.0267. The van der Waals surface area contributed by atoms with Crippen LogP contribution in [-0.4, -0.2) is 40.9 Å². The smallest absolute Gasteiger partial charge is 0.131 e. The maximum atomic E-state index is 12.0. The van der Waals surface area contributed by atoms with E-state index < -0.39 is 10.8 Å². The van der Waals surface area contributed by atoms with E-state index in [1.807, 2.05) is 48.5 Å². The third kappa shape index (κ3) is 5.83. The Balaban J connectivity index is 1.13. The van der Waals surface area contributed by atoms with E-state index in [1.54, 1.807) is 135 Å². The van der Waals surface area contributed by atoms with Gasteiger partial charge in [0.1, 0.15) is 46.0 Å². The molecule has 0 fully saturated rings. The Morgan fingerprint density at radius 3 is 0.734 bits per heavy atom. The van der Waals surface area contributed by atoms with Crippen LogP contribution < -0.4 is 0 Å². The number of benzene rings is 10. The number of fused-ring (bicyclic) bond motifs is 4. The van der Waals surface area contributed by atoms with Gasteiger partial charge in [0.25, 0.3) is 0 Å². The Labute approximate surface area is 367 Å². The molecule has 8 nitrogen and oxygen atoms in total. The van der Waals surface area contributed by atoms with Crippen molar-refractivity contribution in [1.82, 2.24) is 0 Å². The molecule has 0 saturated carbocycles. The second kappa shape index (κ2) is 14.6. The molecule has 0 spiro atoms. The molecule has 0 bridgehead atoms. The van der Waals surface area contributed by atoms with Gasteiger partial charge in [-0.15, -0.1) is 0 Å². The van der Waals surface area contributed by atoms with E-state index >= 15 is 0 Å². The fraction of sp³-hybridized carbons (Fsp3) is 0.0714. The molecule has 10 rings (SSSR count). The van der Waals surface area contributed by atoms with Gasteiger partial charge in [0.05, 0.1) is 33.1 Å². The molecule has 0 atom stereocenters. The largest absolute Gasteiger partial charge is 0.507 e. The standard InChI is InChI=1S/C56H42O8/c1-55(47-43(57)27-33-11-3-7-15-39(33)51(47)61,48-44(58)28-34-12-4-8-16-40(34)52(48)62)37-23-19-31(20-24-37)32-21-25-38(26-22-32)56(2,49-45(59)29-35-13-5-9-17-41(35)53(49)63)50-46(60)30-36-14-6-10-18-42(36)54(50)64/h3-30,57-64H,1-2H3. The quantitative estimate of drug-likeness (QED) is 0.0736. The highest BCUT2D eigenvalue weighted by atomic mass is 16.3. The number of phenols is 8. The molecule has 8 heteroatoms. The first-order valence-corrected chi connectivity index (χ1v) is 20.8. The van der Waals surface area contributed by atoms with Crippen LogP contribution in [0.1, 0.15) is 47.2 Å². The summed E-state index contributed by atoms with van der Waals surface area (Å²) >= 11 is 0. The highest BCUT2D eigenvalue weighted by Gasteiger charge is 2.43. The number of aromatic hydroxyl groups is 8. The van der Waals surface area contributed by atoms with E-state index in [2.05, 4.69) is 0 Å². The number of rotatable bonds is 7. The molecule has 0 amide bonds. The molecule has 8 N–H and O–H groups in total. The highest BCUT2D eigenvalue weighted by Crippen LogP contribution is 2.57. The SMILES string of the molecule is CC(c1ccc(-c2ccc(C(C)(c3c(O)cc4ccccc4c3O)c3c(O)cc4ccccc4c3O)cc2)cc1)(c1c(O)cc2ccccc2c1O)c1c(O)cc2ccccc2c1O. The van der Waals surface area contributed by atoms with Crippen LogP contribution in [0.3, 0.4) is 0 Å². The zero-order valence-electron chi connectivity index (χ0n) is 34.7. The Kier molecular flexibility index (Phi) is 9.09. The van der Waals surface area contributed by atoms with Gasteiger partial charge in [-0.1, -0.05) is 146 Å². The fourth-order valence-electron chi connectivity index (χ4n) is 10.0. The molecule has 0 aliphatic heterocycles. The molecule has 10 aromatic rings. The van der Waals surface area contributed by atoms with Gasteiger partial charge >= 0.3 is 0 Å². The third-order valence-corrected chi connectivity index (χ3v) is 13.3. The second-order valence-corrected chi connectivity index (χ2v) is 16.8. The molecule has 0 heterocycles. The predicted molar refractivity (Wildman–Crippen MR) is 252 cm³/mol. The summed E-state index contributed by atoms with van der Waals surface area (Å²) in [6, 6.07) is 49.5. The van der Waals surface area contributed by atoms with Crippen molar-refractivity contribution < 1.29 is 40.9 Å². The van der Waals surface area contributed by atoms with Gasteiger partial charge in [0, 0.05) is 21.5 Å². The first kappa shape index (κ1) is 39.8. The summed E-state index contributed by atoms with van der Waals surface area (Å²) in [5.74, 6) is -1.67. The molecule has 0 saturated heterocycles. The molecule has 314 valence electrons. The molecule has 0 radical (unpaired) electrons. The van der Waals surface area contributed by atoms with Crippen LogP contribution in [0.2, 0.25) is 0 Å². The lowest BCUT2D eigenvalue weighted by molar-refractivity contribution is 0.403. The highest BCUT2D eigenvalue weighted by molar-refractivity contribution is 5.97. The average molecular weight is 843 g/mol. The number of hydrogen-bond donors (Lipinski definition) is 8. The van der Waals surface area contributed by atoms with Crippen LogP contribution >= 0.6 is 0 Å². The summed E-state index contributed by atoms with van der Waals surface area (Å²) in [4.78, 5) is 0. The van der Waals surface area contributed by atoms with E-state index in [9.17, 15) is 40.9 Å². The van der Waals surface area contributed by atoms with Crippen molar-refractivity contribution in [3.63, 3.8) is 0 Å². The van der Waals surface area contributed by atoms with Gasteiger partial charge in [-0.25, -0.2) is 0 Å². The van der Waals surface area contributed by atoms with Crippen molar-refractivity contribution in [3.8, 4) is 57.1 Å². The number of phenolic OH excluding ortho intramolecular Hbond substituents is 8. The van der Waals surface area contributed by atoms with Gasteiger partial charge in [-0.2, -0.15) is 0 Å². The van der Waals surface area contributed by atoms with Crippen molar-refractivity contribution in [2.24, 2.45) is 0 Å². The Morgan fingerprint density at radius 1 is 0.281 bits per heavy atom. The first-order valence-electron chi connectivity index (χ1n) is 20.8. The topological polar surface area (TPSA) is 162 Å². The molecular weight excluding hydrogens is 801 g/mol. The lowest BCUT2D eigenvalue weighted by Crippen LogP contribution is -2.26. The molecule has 64 heavy (non-hydrogen) atoms. The van der Waals surface area contributed by atoms with Gasteiger partial charge in [-0.3, -0.25) is 0 Å². The third-order valence-electron chi connectivity index (χ3n) is 13.3. The van der Waals surface area contributed by atoms with Crippen molar-refractivity contribution in [2.45, 2.75) is 24.7 Å². The van der Waals surface area contributed by atoms with E-state index in [1.165, 1.54) is 0 Å². The lowest BCUT2D eigenvalue weighted by Gasteiger charge is -2.35. The summed E-state index contributed by atoms with van der Waals surface area (Å²) in [6.45, 7) is 3.50. The maximum Gasteiger partial charge on any atom is 0.131 e. The van der Waals surface area contributed by atoms with Crippen LogP contribution in [0.4, 0.5) is 0 Å². The minimum atomic E-state index is -1.51. The van der Waals surface area contributed by atoms with Crippen LogP contribution in [0.15, 0.2) is 170 Å². The Morgan fingerprint density at radius 2 is 0.500 bits per heavy atom. The molecule has 0 unspecified atom stereocenters. The Bertz CT molecular complexity index is 3090. The molecule has 0 aliphatic carbocycles. The van der Waals surface area contributed by atoms with Crippen LogP contribution in [0.5, 0.6) is 46.0 Å². The average Bonchev–Trinajstić information content (AvgIpc) is 3.29. The second-order valence-electron chi connectivity index (χ2n) is 16.8. The van der Waals surface area contributed by atoms with E-state index in [-0.39, 0.29) is 68.2 Å². The molecule has 0 aliphatic rings. The predicted octanol–water partition coefficient (Wildman–Crippen LogP) is 12.3. The van der Waals surface area contributed by atoms with Crippen molar-refractivity contribution in [2.75, 3.05) is 0 Å². The minimum Gasteiger partial charge on any atom is -0.507 e. The number of hydrogen-bond acceptors (Lipinski definition) is 8. The normalized spacial score (nSPS) is 12.1. The zero-order valence-corrected chi connectivity index (χ0v) is 34.7. The van der Waals surface area contributed by atoms with Crippen molar-refractivity contribution in [1.29, 1.82) is 0 Å². The van der Waals surface area contributed by atoms with Crippen molar-refractivity contribution in [3.05, 3.63) is 203 Å². The van der Waals surface area contributed by atoms with Crippen LogP contribution in [0, 0.1) is 0 Å². The first-order chi connectivity index (χ1) is 30.8. The van der Waals surface area contributed by atoms with Crippen LogP contribution in [-0.2, 0) is 10.8 Å². The fourth-order valence-corrected chi connectivity index (χ4v) is 10.0. The lowest BCUT2D eigenvalue weighted by atomic mass is 9.68. The summed E-state index contributed by atoms with van der Waals surface area (Å²) in [7, 11) is 0.